The predicted molar refractivity (Wildman–Crippen MR) is 69.1 cm³/mol. The highest BCUT2D eigenvalue weighted by Gasteiger charge is 2.18. The van der Waals surface area contributed by atoms with Crippen molar-refractivity contribution in [1.29, 1.82) is 0 Å². The first kappa shape index (κ1) is 12.8. The van der Waals surface area contributed by atoms with E-state index in [1.54, 1.807) is 19.2 Å². The van der Waals surface area contributed by atoms with Gasteiger partial charge in [-0.15, -0.1) is 0 Å². The van der Waals surface area contributed by atoms with Crippen LogP contribution in [-0.2, 0) is 11.8 Å². The molecule has 2 N–H and O–H groups in total. The van der Waals surface area contributed by atoms with E-state index in [-0.39, 0.29) is 0 Å². The van der Waals surface area contributed by atoms with Gasteiger partial charge in [0, 0.05) is 12.4 Å². The van der Waals surface area contributed by atoms with Gasteiger partial charge in [0.05, 0.1) is 4.47 Å². The second kappa shape index (κ2) is 4.56. The lowest BCUT2D eigenvalue weighted by Crippen LogP contribution is -2.25. The van der Waals surface area contributed by atoms with Crippen LogP contribution >= 0.6 is 15.9 Å². The van der Waals surface area contributed by atoms with Gasteiger partial charge in [-0.25, -0.2) is 4.39 Å². The number of carboxylic acids is 1. The molecule has 0 aliphatic carbocycles. The predicted octanol–water partition coefficient (Wildman–Crippen LogP) is 2.36. The number of halogens is 2. The van der Waals surface area contributed by atoms with E-state index in [9.17, 15) is 9.18 Å². The molecular weight excluding hydrogens is 305 g/mol. The Kier molecular flexibility index (Phi) is 3.25. The second-order valence-corrected chi connectivity index (χ2v) is 4.79. The normalized spacial score (nSPS) is 12.7. The Morgan fingerprint density at radius 1 is 1.61 bits per heavy atom. The lowest BCUT2D eigenvalue weighted by Gasteiger charge is -2.07. The zero-order valence-corrected chi connectivity index (χ0v) is 11.3. The van der Waals surface area contributed by atoms with Crippen LogP contribution in [0.4, 0.5) is 10.2 Å². The summed E-state index contributed by atoms with van der Waals surface area (Å²) in [6.07, 6.45) is 0. The van der Waals surface area contributed by atoms with E-state index in [2.05, 4.69) is 26.3 Å². The smallest absolute Gasteiger partial charge is 0.325 e. The van der Waals surface area contributed by atoms with Gasteiger partial charge in [0.2, 0.25) is 0 Å². The summed E-state index contributed by atoms with van der Waals surface area (Å²) in [5.74, 6) is -1.06. The summed E-state index contributed by atoms with van der Waals surface area (Å²) in [5.41, 5.74) is 0.324. The highest BCUT2D eigenvalue weighted by molar-refractivity contribution is 9.10. The molecule has 5 nitrogen and oxygen atoms in total. The molecule has 18 heavy (non-hydrogen) atoms. The quantitative estimate of drug-likeness (QED) is 0.912. The molecule has 0 radical (unpaired) electrons. The highest BCUT2D eigenvalue weighted by atomic mass is 79.9. The van der Waals surface area contributed by atoms with Crippen molar-refractivity contribution in [1.82, 2.24) is 9.78 Å². The largest absolute Gasteiger partial charge is 0.480 e. The molecule has 0 saturated carbocycles. The van der Waals surface area contributed by atoms with E-state index < -0.39 is 17.8 Å². The number of carbonyl (C=O) groups is 1. The van der Waals surface area contributed by atoms with Gasteiger partial charge in [-0.2, -0.15) is 5.10 Å². The fourth-order valence-electron chi connectivity index (χ4n) is 1.67. The van der Waals surface area contributed by atoms with E-state index >= 15 is 0 Å². The van der Waals surface area contributed by atoms with Crippen molar-refractivity contribution < 1.29 is 14.3 Å². The lowest BCUT2D eigenvalue weighted by molar-refractivity contribution is -0.137. The van der Waals surface area contributed by atoms with Crippen LogP contribution in [0.15, 0.2) is 16.6 Å². The Balaban J connectivity index is 2.54. The molecule has 1 aromatic carbocycles. The van der Waals surface area contributed by atoms with Crippen molar-refractivity contribution in [3.8, 4) is 0 Å². The molecule has 7 heteroatoms. The van der Waals surface area contributed by atoms with Gasteiger partial charge in [-0.05, 0) is 35.0 Å². The van der Waals surface area contributed by atoms with Crippen molar-refractivity contribution in [3.05, 3.63) is 22.4 Å². The molecule has 0 aliphatic heterocycles. The van der Waals surface area contributed by atoms with Gasteiger partial charge in [-0.3, -0.25) is 9.48 Å². The van der Waals surface area contributed by atoms with Crippen LogP contribution in [0.1, 0.15) is 6.92 Å². The van der Waals surface area contributed by atoms with E-state index in [0.717, 1.165) is 0 Å². The standard InChI is InChI=1S/C11H11BrFN3O2/c1-5(11(17)18)14-10-6-3-4-7(12)8(13)9(6)16(2)15-10/h3-5H,1-2H3,(H,14,15)(H,17,18). The second-order valence-electron chi connectivity index (χ2n) is 3.93. The van der Waals surface area contributed by atoms with Gasteiger partial charge >= 0.3 is 5.97 Å². The number of nitrogens with zero attached hydrogens (tertiary/aromatic N) is 2. The Hall–Kier alpha value is -1.63. The molecule has 0 spiro atoms. The van der Waals surface area contributed by atoms with E-state index in [0.29, 0.717) is 21.2 Å². The molecule has 1 heterocycles. The van der Waals surface area contributed by atoms with Gasteiger partial charge in [-0.1, -0.05) is 0 Å². The monoisotopic (exact) mass is 315 g/mol. The fourth-order valence-corrected chi connectivity index (χ4v) is 1.99. The minimum absolute atomic E-state index is 0.324. The van der Waals surface area contributed by atoms with E-state index in [1.807, 2.05) is 0 Å². The summed E-state index contributed by atoms with van der Waals surface area (Å²) in [7, 11) is 1.61. The van der Waals surface area contributed by atoms with Crippen LogP contribution in [0.25, 0.3) is 10.9 Å². The van der Waals surface area contributed by atoms with Crippen molar-refractivity contribution in [3.63, 3.8) is 0 Å². The number of aromatic nitrogens is 2. The third-order valence-corrected chi connectivity index (χ3v) is 3.23. The number of hydrogen-bond donors (Lipinski definition) is 2. The topological polar surface area (TPSA) is 67.2 Å². The molecule has 1 unspecified atom stereocenters. The molecule has 96 valence electrons. The Labute approximate surface area is 111 Å². The van der Waals surface area contributed by atoms with Crippen molar-refractivity contribution in [2.75, 3.05) is 5.32 Å². The van der Waals surface area contributed by atoms with E-state index in [1.165, 1.54) is 11.6 Å². The van der Waals surface area contributed by atoms with Gasteiger partial charge in [0.25, 0.3) is 0 Å². The summed E-state index contributed by atoms with van der Waals surface area (Å²) >= 11 is 3.10. The number of aliphatic carboxylic acids is 1. The molecule has 1 aromatic heterocycles. The Morgan fingerprint density at radius 3 is 2.89 bits per heavy atom. The molecule has 2 aromatic rings. The maximum absolute atomic E-state index is 13.9. The number of hydrogen-bond acceptors (Lipinski definition) is 3. The lowest BCUT2D eigenvalue weighted by atomic mass is 10.2. The fraction of sp³-hybridized carbons (Fsp3) is 0.273. The molecule has 1 atom stereocenters. The van der Waals surface area contributed by atoms with Crippen LogP contribution in [0.3, 0.4) is 0 Å². The highest BCUT2D eigenvalue weighted by Crippen LogP contribution is 2.29. The van der Waals surface area contributed by atoms with Crippen molar-refractivity contribution >= 4 is 38.6 Å². The van der Waals surface area contributed by atoms with Crippen LogP contribution in [-0.4, -0.2) is 26.9 Å². The summed E-state index contributed by atoms with van der Waals surface area (Å²) in [4.78, 5) is 10.8. The number of carboxylic acid groups (broad SMARTS) is 1. The first-order chi connectivity index (χ1) is 8.41. The van der Waals surface area contributed by atoms with Gasteiger partial charge < -0.3 is 10.4 Å². The molecular formula is C11H11BrFN3O2. The van der Waals surface area contributed by atoms with Crippen LogP contribution in [0.5, 0.6) is 0 Å². The van der Waals surface area contributed by atoms with E-state index in [4.69, 9.17) is 5.11 Å². The molecule has 0 aliphatic rings. The number of aryl methyl sites for hydroxylation is 1. The maximum Gasteiger partial charge on any atom is 0.325 e. The first-order valence-corrected chi connectivity index (χ1v) is 6.01. The van der Waals surface area contributed by atoms with Crippen molar-refractivity contribution in [2.45, 2.75) is 13.0 Å². The number of fused-ring (bicyclic) bond motifs is 1. The molecule has 0 bridgehead atoms. The minimum atomic E-state index is -0.994. The van der Waals surface area contributed by atoms with Crippen molar-refractivity contribution in [2.24, 2.45) is 7.05 Å². The third kappa shape index (κ3) is 2.05. The molecule has 0 amide bonds. The Morgan fingerprint density at radius 2 is 2.28 bits per heavy atom. The van der Waals surface area contributed by atoms with Crippen LogP contribution in [0, 0.1) is 5.82 Å². The summed E-state index contributed by atoms with van der Waals surface area (Å²) in [6.45, 7) is 1.50. The van der Waals surface area contributed by atoms with Gasteiger partial charge in [0.1, 0.15) is 11.6 Å². The zero-order valence-electron chi connectivity index (χ0n) is 9.74. The SMILES string of the molecule is CC(Nc1nn(C)c2c(F)c(Br)ccc12)C(=O)O. The average molecular weight is 316 g/mol. The number of nitrogens with one attached hydrogen (secondary N) is 1. The van der Waals surface area contributed by atoms with Gasteiger partial charge in [0.15, 0.2) is 11.6 Å². The minimum Gasteiger partial charge on any atom is -0.480 e. The Bertz CT molecular complexity index is 626. The van der Waals surface area contributed by atoms with Crippen LogP contribution < -0.4 is 5.32 Å². The number of benzene rings is 1. The summed E-state index contributed by atoms with van der Waals surface area (Å²) < 4.78 is 15.6. The molecule has 2 rings (SSSR count). The third-order valence-electron chi connectivity index (χ3n) is 2.62. The van der Waals surface area contributed by atoms with Crippen LogP contribution in [0.2, 0.25) is 0 Å². The zero-order chi connectivity index (χ0) is 13.4. The summed E-state index contributed by atoms with van der Waals surface area (Å²) in [6, 6.07) is 2.46. The average Bonchev–Trinajstić information content (AvgIpc) is 2.61. The first-order valence-electron chi connectivity index (χ1n) is 5.22. The number of rotatable bonds is 3. The molecule has 0 fully saturated rings. The summed E-state index contributed by atoms with van der Waals surface area (Å²) in [5, 5.41) is 16.2. The molecule has 0 saturated heterocycles. The maximum atomic E-state index is 13.9. The number of anilines is 1.